The molecule has 25 heavy (non-hydrogen) atoms. The van der Waals surface area contributed by atoms with Gasteiger partial charge in [0.15, 0.2) is 0 Å². The topological polar surface area (TPSA) is 103 Å². The Kier molecular flexibility index (Phi) is 5.26. The van der Waals surface area contributed by atoms with Crippen molar-refractivity contribution < 1.29 is 13.9 Å². The summed E-state index contributed by atoms with van der Waals surface area (Å²) in [4.78, 5) is 12.1. The average molecular weight is 338 g/mol. The van der Waals surface area contributed by atoms with Crippen molar-refractivity contribution in [2.45, 2.75) is 19.1 Å². The van der Waals surface area contributed by atoms with E-state index < -0.39 is 12.1 Å². The van der Waals surface area contributed by atoms with E-state index in [-0.39, 0.29) is 18.5 Å². The first-order chi connectivity index (χ1) is 12.2. The van der Waals surface area contributed by atoms with Crippen molar-refractivity contribution in [3.05, 3.63) is 77.7 Å². The van der Waals surface area contributed by atoms with E-state index in [1.54, 1.807) is 0 Å². The lowest BCUT2D eigenvalue weighted by Crippen LogP contribution is -2.30. The molecule has 3 rings (SSSR count). The quantitative estimate of drug-likeness (QED) is 0.716. The maximum Gasteiger partial charge on any atom is 0.408 e. The lowest BCUT2D eigenvalue weighted by atomic mass is 10.1. The van der Waals surface area contributed by atoms with E-state index in [0.717, 1.165) is 11.1 Å². The second-order valence-electron chi connectivity index (χ2n) is 5.43. The minimum Gasteiger partial charge on any atom is -0.445 e. The number of amides is 1. The monoisotopic (exact) mass is 338 g/mol. The van der Waals surface area contributed by atoms with Crippen LogP contribution in [0, 0.1) is 0 Å². The number of ether oxygens (including phenoxy) is 1. The number of nitrogens with zero attached hydrogens (tertiary/aromatic N) is 2. The van der Waals surface area contributed by atoms with Crippen LogP contribution in [0.15, 0.2) is 65.1 Å². The van der Waals surface area contributed by atoms with Gasteiger partial charge in [-0.1, -0.05) is 65.8 Å². The number of alkyl carbamates (subject to hydrolysis) is 1. The molecule has 0 fully saturated rings. The summed E-state index contributed by atoms with van der Waals surface area (Å²) in [5.74, 6) is 0.234. The molecule has 1 aromatic heterocycles. The zero-order valence-electron chi connectivity index (χ0n) is 13.5. The summed E-state index contributed by atoms with van der Waals surface area (Å²) in [6, 6.07) is 18.5. The molecule has 0 spiro atoms. The molecule has 0 saturated heterocycles. The van der Waals surface area contributed by atoms with Crippen LogP contribution in [0.2, 0.25) is 0 Å². The first-order valence-corrected chi connectivity index (χ1v) is 7.81. The SMILES string of the molecule is Nc1nnc([C@H](Cc2ccccc2)NC(=O)OCc2ccccc2)o1. The fourth-order valence-electron chi connectivity index (χ4n) is 2.34. The molecule has 1 atom stereocenters. The Hall–Kier alpha value is -3.35. The summed E-state index contributed by atoms with van der Waals surface area (Å²) in [7, 11) is 0. The summed E-state index contributed by atoms with van der Waals surface area (Å²) < 4.78 is 10.5. The summed E-state index contributed by atoms with van der Waals surface area (Å²) >= 11 is 0. The Labute approximate surface area is 144 Å². The Morgan fingerprint density at radius 2 is 1.68 bits per heavy atom. The van der Waals surface area contributed by atoms with Gasteiger partial charge in [-0.15, -0.1) is 5.10 Å². The van der Waals surface area contributed by atoms with Crippen LogP contribution in [0.3, 0.4) is 0 Å². The summed E-state index contributed by atoms with van der Waals surface area (Å²) in [5.41, 5.74) is 7.40. The van der Waals surface area contributed by atoms with Crippen molar-refractivity contribution in [3.63, 3.8) is 0 Å². The van der Waals surface area contributed by atoms with Crippen molar-refractivity contribution in [1.29, 1.82) is 0 Å². The maximum atomic E-state index is 12.1. The van der Waals surface area contributed by atoms with Crippen molar-refractivity contribution in [3.8, 4) is 0 Å². The van der Waals surface area contributed by atoms with Crippen LogP contribution < -0.4 is 11.1 Å². The molecule has 0 unspecified atom stereocenters. The van der Waals surface area contributed by atoms with Gasteiger partial charge in [0.05, 0.1) is 0 Å². The van der Waals surface area contributed by atoms with Crippen LogP contribution in [0.4, 0.5) is 10.8 Å². The first kappa shape index (κ1) is 16.5. The van der Waals surface area contributed by atoms with E-state index in [1.807, 2.05) is 60.7 Å². The molecule has 0 radical (unpaired) electrons. The number of hydrogen-bond acceptors (Lipinski definition) is 6. The van der Waals surface area contributed by atoms with Gasteiger partial charge in [-0.2, -0.15) is 0 Å². The Morgan fingerprint density at radius 1 is 1.04 bits per heavy atom. The van der Waals surface area contributed by atoms with E-state index in [9.17, 15) is 4.79 Å². The van der Waals surface area contributed by atoms with Gasteiger partial charge in [-0.3, -0.25) is 0 Å². The minimum absolute atomic E-state index is 0.0486. The second kappa shape index (κ2) is 7.96. The van der Waals surface area contributed by atoms with Crippen molar-refractivity contribution in [2.75, 3.05) is 5.73 Å². The Bertz CT molecular complexity index is 805. The van der Waals surface area contributed by atoms with Gasteiger partial charge in [-0.25, -0.2) is 4.79 Å². The predicted octanol–water partition coefficient (Wildman–Crippen LogP) is 2.86. The third-order valence-corrected chi connectivity index (χ3v) is 3.54. The van der Waals surface area contributed by atoms with Gasteiger partial charge < -0.3 is 20.2 Å². The number of nitrogens with one attached hydrogen (secondary N) is 1. The zero-order chi connectivity index (χ0) is 17.5. The second-order valence-corrected chi connectivity index (χ2v) is 5.43. The number of benzene rings is 2. The van der Waals surface area contributed by atoms with Gasteiger partial charge in [0.1, 0.15) is 12.6 Å². The highest BCUT2D eigenvalue weighted by molar-refractivity contribution is 5.67. The summed E-state index contributed by atoms with van der Waals surface area (Å²) in [5, 5.41) is 10.3. The number of anilines is 1. The molecule has 0 aliphatic carbocycles. The van der Waals surface area contributed by atoms with Crippen molar-refractivity contribution in [1.82, 2.24) is 15.5 Å². The van der Waals surface area contributed by atoms with Crippen molar-refractivity contribution in [2.24, 2.45) is 0 Å². The van der Waals surface area contributed by atoms with E-state index >= 15 is 0 Å². The van der Waals surface area contributed by atoms with Gasteiger partial charge >= 0.3 is 12.1 Å². The lowest BCUT2D eigenvalue weighted by molar-refractivity contribution is 0.134. The lowest BCUT2D eigenvalue weighted by Gasteiger charge is -2.15. The van der Waals surface area contributed by atoms with Crippen LogP contribution >= 0.6 is 0 Å². The van der Waals surface area contributed by atoms with Crippen LogP contribution in [0.25, 0.3) is 0 Å². The molecule has 3 N–H and O–H groups in total. The minimum atomic E-state index is -0.568. The zero-order valence-corrected chi connectivity index (χ0v) is 13.5. The Balaban J connectivity index is 1.65. The molecule has 0 saturated carbocycles. The van der Waals surface area contributed by atoms with Crippen molar-refractivity contribution >= 4 is 12.1 Å². The summed E-state index contributed by atoms with van der Waals surface area (Å²) in [6.45, 7) is 0.177. The highest BCUT2D eigenvalue weighted by Crippen LogP contribution is 2.18. The molecular formula is C18H18N4O3. The smallest absolute Gasteiger partial charge is 0.408 e. The molecule has 0 aliphatic rings. The molecule has 7 nitrogen and oxygen atoms in total. The third-order valence-electron chi connectivity index (χ3n) is 3.54. The van der Waals surface area contributed by atoms with Gasteiger partial charge in [0.25, 0.3) is 0 Å². The number of carbonyl (C=O) groups excluding carboxylic acids is 1. The standard InChI is InChI=1S/C18H18N4O3/c19-17-22-21-16(25-17)15(11-13-7-3-1-4-8-13)20-18(23)24-12-14-9-5-2-6-10-14/h1-10,15H,11-12H2,(H2,19,22)(H,20,23)/t15-/m0/s1. The molecule has 1 amide bonds. The molecule has 7 heteroatoms. The van der Waals surface area contributed by atoms with Crippen LogP contribution in [0.5, 0.6) is 0 Å². The number of hydrogen-bond donors (Lipinski definition) is 2. The first-order valence-electron chi connectivity index (χ1n) is 7.81. The fraction of sp³-hybridized carbons (Fsp3) is 0.167. The number of nitrogen functional groups attached to an aromatic ring is 1. The van der Waals surface area contributed by atoms with Gasteiger partial charge in [-0.05, 0) is 11.1 Å². The Morgan fingerprint density at radius 3 is 2.28 bits per heavy atom. The van der Waals surface area contributed by atoms with Gasteiger partial charge in [0.2, 0.25) is 5.89 Å². The normalized spacial score (nSPS) is 11.7. The summed E-state index contributed by atoms with van der Waals surface area (Å²) in [6.07, 6.45) is -0.0929. The number of nitrogens with two attached hydrogens (primary N) is 1. The predicted molar refractivity (Wildman–Crippen MR) is 91.4 cm³/mol. The van der Waals surface area contributed by atoms with Gasteiger partial charge in [0, 0.05) is 6.42 Å². The number of aromatic nitrogens is 2. The number of rotatable bonds is 6. The average Bonchev–Trinajstić information content (AvgIpc) is 3.08. The molecule has 128 valence electrons. The molecule has 0 bridgehead atoms. The van der Waals surface area contributed by atoms with E-state index in [2.05, 4.69) is 15.5 Å². The maximum absolute atomic E-state index is 12.1. The van der Waals surface area contributed by atoms with E-state index in [4.69, 9.17) is 14.9 Å². The number of carbonyl (C=O) groups is 1. The fourth-order valence-corrected chi connectivity index (χ4v) is 2.34. The van der Waals surface area contributed by atoms with Crippen LogP contribution in [0.1, 0.15) is 23.1 Å². The van der Waals surface area contributed by atoms with E-state index in [1.165, 1.54) is 0 Å². The molecular weight excluding hydrogens is 320 g/mol. The highest BCUT2D eigenvalue weighted by Gasteiger charge is 2.22. The van der Waals surface area contributed by atoms with Crippen LogP contribution in [-0.4, -0.2) is 16.3 Å². The molecule has 0 aliphatic heterocycles. The largest absolute Gasteiger partial charge is 0.445 e. The molecule has 1 heterocycles. The van der Waals surface area contributed by atoms with E-state index in [0.29, 0.717) is 6.42 Å². The third kappa shape index (κ3) is 4.81. The highest BCUT2D eigenvalue weighted by atomic mass is 16.5. The molecule has 2 aromatic carbocycles. The van der Waals surface area contributed by atoms with Crippen LogP contribution in [-0.2, 0) is 17.8 Å². The molecule has 3 aromatic rings.